The number of carbonyl (C=O) groups excluding carboxylic acids is 3. The van der Waals surface area contributed by atoms with Crippen molar-refractivity contribution in [3.63, 3.8) is 0 Å². The minimum Gasteiger partial charge on any atom is -0.462 e. The molecule has 0 saturated heterocycles. The van der Waals surface area contributed by atoms with E-state index in [9.17, 15) is 14.4 Å². The lowest BCUT2D eigenvalue weighted by Gasteiger charge is -2.18. The first kappa shape index (κ1) is 59.3. The van der Waals surface area contributed by atoms with Crippen molar-refractivity contribution in [2.45, 2.75) is 232 Å². The van der Waals surface area contributed by atoms with Gasteiger partial charge in [0.2, 0.25) is 0 Å². The van der Waals surface area contributed by atoms with Crippen LogP contribution in [0.25, 0.3) is 0 Å². The Labute approximate surface area is 387 Å². The number of hydrogen-bond donors (Lipinski definition) is 0. The highest BCUT2D eigenvalue weighted by Gasteiger charge is 2.19. The van der Waals surface area contributed by atoms with Crippen molar-refractivity contribution in [2.24, 2.45) is 0 Å². The average Bonchev–Trinajstić information content (AvgIpc) is 3.28. The zero-order valence-corrected chi connectivity index (χ0v) is 40.8. The molecular weight excluding hydrogens is 781 g/mol. The molecule has 0 aliphatic heterocycles. The predicted molar refractivity (Wildman–Crippen MR) is 270 cm³/mol. The van der Waals surface area contributed by atoms with E-state index in [1.165, 1.54) is 83.5 Å². The van der Waals surface area contributed by atoms with E-state index in [-0.39, 0.29) is 37.5 Å². The molecule has 0 saturated carbocycles. The second-order valence-electron chi connectivity index (χ2n) is 16.7. The first-order chi connectivity index (χ1) is 31.0. The molecule has 0 aliphatic rings. The Balaban J connectivity index is 4.44. The molecule has 358 valence electrons. The summed E-state index contributed by atoms with van der Waals surface area (Å²) in [5, 5.41) is 0. The molecule has 1 atom stereocenters. The second kappa shape index (κ2) is 51.0. The molecule has 6 heteroatoms. The Morgan fingerprint density at radius 2 is 0.730 bits per heavy atom. The highest BCUT2D eigenvalue weighted by atomic mass is 16.6. The van der Waals surface area contributed by atoms with Crippen LogP contribution < -0.4 is 0 Å². The third kappa shape index (κ3) is 49.2. The minimum atomic E-state index is -0.813. The standard InChI is InChI=1S/C57H94O6/c1-4-7-10-13-16-19-22-25-26-27-28-29-30-33-35-38-41-44-47-50-56(59)62-53-54(63-57(60)51-48-45-42-39-36-32-24-21-18-15-12-9-6-3)52-61-55(58)49-46-43-40-37-34-31-23-20-17-14-11-8-5-2/h7,9-10,12,15-16,18-19,21,24-26,31,34,40,43,54H,4-6,8,11,13-14,17,20,22-23,27-30,32-33,35-39,41-42,44-53H2,1-3H3/b10-7-,12-9-,18-15-,19-16-,24-21-,26-25-,34-31-,43-40-. The van der Waals surface area contributed by atoms with Crippen molar-refractivity contribution >= 4 is 17.9 Å². The summed E-state index contributed by atoms with van der Waals surface area (Å²) in [7, 11) is 0. The largest absolute Gasteiger partial charge is 0.462 e. The number of carbonyl (C=O) groups is 3. The molecule has 0 aromatic heterocycles. The Kier molecular flexibility index (Phi) is 48.0. The molecule has 0 radical (unpaired) electrons. The number of allylic oxidation sites excluding steroid dienone is 16. The summed E-state index contributed by atoms with van der Waals surface area (Å²) in [5.41, 5.74) is 0. The van der Waals surface area contributed by atoms with Gasteiger partial charge in [-0.25, -0.2) is 0 Å². The van der Waals surface area contributed by atoms with Gasteiger partial charge in [-0.1, -0.05) is 214 Å². The highest BCUT2D eigenvalue weighted by molar-refractivity contribution is 5.71. The van der Waals surface area contributed by atoms with Gasteiger partial charge in [0.15, 0.2) is 6.10 Å². The van der Waals surface area contributed by atoms with Gasteiger partial charge in [-0.3, -0.25) is 14.4 Å². The lowest BCUT2D eigenvalue weighted by atomic mass is 10.1. The van der Waals surface area contributed by atoms with Crippen LogP contribution in [-0.4, -0.2) is 37.2 Å². The van der Waals surface area contributed by atoms with Gasteiger partial charge in [0.1, 0.15) is 13.2 Å². The number of ether oxygens (including phenoxy) is 3. The van der Waals surface area contributed by atoms with Gasteiger partial charge in [-0.15, -0.1) is 0 Å². The van der Waals surface area contributed by atoms with Crippen LogP contribution in [0.1, 0.15) is 226 Å². The summed E-state index contributed by atoms with van der Waals surface area (Å²) in [6, 6.07) is 0. The van der Waals surface area contributed by atoms with Crippen LogP contribution in [0.5, 0.6) is 0 Å². The Morgan fingerprint density at radius 3 is 1.24 bits per heavy atom. The molecule has 1 unspecified atom stereocenters. The number of rotatable bonds is 45. The zero-order valence-electron chi connectivity index (χ0n) is 40.8. The van der Waals surface area contributed by atoms with E-state index in [1.807, 2.05) is 6.08 Å². The monoisotopic (exact) mass is 875 g/mol. The molecular formula is C57H94O6. The maximum Gasteiger partial charge on any atom is 0.306 e. The second-order valence-corrected chi connectivity index (χ2v) is 16.7. The van der Waals surface area contributed by atoms with Crippen molar-refractivity contribution in [3.8, 4) is 0 Å². The first-order valence-corrected chi connectivity index (χ1v) is 25.8. The van der Waals surface area contributed by atoms with Crippen molar-refractivity contribution in [3.05, 3.63) is 97.2 Å². The van der Waals surface area contributed by atoms with E-state index in [1.54, 1.807) is 0 Å². The Morgan fingerprint density at radius 1 is 0.349 bits per heavy atom. The van der Waals surface area contributed by atoms with Crippen LogP contribution in [0.2, 0.25) is 0 Å². The van der Waals surface area contributed by atoms with Crippen LogP contribution in [0.15, 0.2) is 97.2 Å². The van der Waals surface area contributed by atoms with Crippen LogP contribution >= 0.6 is 0 Å². The molecule has 0 aromatic rings. The smallest absolute Gasteiger partial charge is 0.306 e. The van der Waals surface area contributed by atoms with E-state index in [0.29, 0.717) is 19.3 Å². The van der Waals surface area contributed by atoms with Crippen LogP contribution in [-0.2, 0) is 28.6 Å². The van der Waals surface area contributed by atoms with Gasteiger partial charge in [0, 0.05) is 19.3 Å². The molecule has 63 heavy (non-hydrogen) atoms. The molecule has 0 rings (SSSR count). The summed E-state index contributed by atoms with van der Waals surface area (Å²) in [4.78, 5) is 37.9. The number of unbranched alkanes of at least 4 members (excludes halogenated alkanes) is 20. The molecule has 0 aromatic carbocycles. The Bertz CT molecular complexity index is 1280. The molecule has 0 heterocycles. The van der Waals surface area contributed by atoms with E-state index in [0.717, 1.165) is 96.3 Å². The lowest BCUT2D eigenvalue weighted by molar-refractivity contribution is -0.166. The maximum atomic E-state index is 12.8. The van der Waals surface area contributed by atoms with Crippen LogP contribution in [0.3, 0.4) is 0 Å². The molecule has 6 nitrogen and oxygen atoms in total. The Hall–Kier alpha value is -3.67. The van der Waals surface area contributed by atoms with Crippen molar-refractivity contribution < 1.29 is 28.6 Å². The molecule has 0 N–H and O–H groups in total. The zero-order chi connectivity index (χ0) is 45.8. The van der Waals surface area contributed by atoms with Gasteiger partial charge in [0.25, 0.3) is 0 Å². The lowest BCUT2D eigenvalue weighted by Crippen LogP contribution is -2.30. The summed E-state index contributed by atoms with van der Waals surface area (Å²) >= 11 is 0. The summed E-state index contributed by atoms with van der Waals surface area (Å²) in [6.45, 7) is 6.30. The van der Waals surface area contributed by atoms with E-state index in [4.69, 9.17) is 14.2 Å². The number of esters is 3. The molecule has 0 amide bonds. The third-order valence-corrected chi connectivity index (χ3v) is 10.6. The van der Waals surface area contributed by atoms with Crippen LogP contribution in [0, 0.1) is 0 Å². The van der Waals surface area contributed by atoms with Gasteiger partial charge < -0.3 is 14.2 Å². The maximum absolute atomic E-state index is 12.8. The summed E-state index contributed by atoms with van der Waals surface area (Å²) in [6.07, 6.45) is 66.9. The number of hydrogen-bond acceptors (Lipinski definition) is 6. The van der Waals surface area contributed by atoms with Crippen molar-refractivity contribution in [1.82, 2.24) is 0 Å². The SMILES string of the molecule is CC\C=C/C=C\C=C/CCCCCCCC(=O)OC(COC(=O)CC/C=C\C/C=C\CCCCCCCC)COC(=O)CCCCCCCCCCC/C=C\C/C=C\C/C=C\CC. The molecule has 0 spiro atoms. The minimum absolute atomic E-state index is 0.107. The normalized spacial score (nSPS) is 12.9. The molecule has 0 fully saturated rings. The van der Waals surface area contributed by atoms with Gasteiger partial charge in [0.05, 0.1) is 0 Å². The quantitative estimate of drug-likeness (QED) is 0.0199. The predicted octanol–water partition coefficient (Wildman–Crippen LogP) is 17.0. The van der Waals surface area contributed by atoms with Crippen LogP contribution in [0.4, 0.5) is 0 Å². The highest BCUT2D eigenvalue weighted by Crippen LogP contribution is 2.14. The third-order valence-electron chi connectivity index (χ3n) is 10.6. The van der Waals surface area contributed by atoms with Gasteiger partial charge in [-0.2, -0.15) is 0 Å². The fraction of sp³-hybridized carbons (Fsp3) is 0.667. The fourth-order valence-corrected chi connectivity index (χ4v) is 6.80. The van der Waals surface area contributed by atoms with Gasteiger partial charge in [-0.05, 0) is 89.9 Å². The average molecular weight is 875 g/mol. The van der Waals surface area contributed by atoms with Crippen molar-refractivity contribution in [1.29, 1.82) is 0 Å². The van der Waals surface area contributed by atoms with Gasteiger partial charge >= 0.3 is 17.9 Å². The van der Waals surface area contributed by atoms with Crippen molar-refractivity contribution in [2.75, 3.05) is 13.2 Å². The fourth-order valence-electron chi connectivity index (χ4n) is 6.80. The molecule has 0 bridgehead atoms. The molecule has 0 aliphatic carbocycles. The topological polar surface area (TPSA) is 78.9 Å². The first-order valence-electron chi connectivity index (χ1n) is 25.8. The van der Waals surface area contributed by atoms with E-state index >= 15 is 0 Å². The summed E-state index contributed by atoms with van der Waals surface area (Å²) < 4.78 is 16.7. The van der Waals surface area contributed by atoms with E-state index < -0.39 is 6.10 Å². The summed E-state index contributed by atoms with van der Waals surface area (Å²) in [5.74, 6) is -1.01. The van der Waals surface area contributed by atoms with E-state index in [2.05, 4.69) is 112 Å².